The first-order chi connectivity index (χ1) is 12.4. The van der Waals surface area contributed by atoms with E-state index < -0.39 is 11.8 Å². The number of aromatic carboxylic acids is 1. The Bertz CT molecular complexity index is 964. The summed E-state index contributed by atoms with van der Waals surface area (Å²) in [6.45, 7) is 2.00. The van der Waals surface area contributed by atoms with Crippen LogP contribution >= 0.6 is 22.9 Å². The van der Waals surface area contributed by atoms with E-state index in [1.165, 1.54) is 22.8 Å². The Labute approximate surface area is 187 Å². The van der Waals surface area contributed by atoms with Crippen LogP contribution in [-0.4, -0.2) is 11.0 Å². The van der Waals surface area contributed by atoms with Gasteiger partial charge in [-0.3, -0.25) is 0 Å². The number of benzene rings is 2. The van der Waals surface area contributed by atoms with E-state index in [0.29, 0.717) is 27.8 Å². The van der Waals surface area contributed by atoms with E-state index in [-0.39, 0.29) is 41.9 Å². The van der Waals surface area contributed by atoms with E-state index in [0.717, 1.165) is 11.1 Å². The molecule has 134 valence electrons. The molecule has 1 heterocycles. The number of thiazole rings is 1. The van der Waals surface area contributed by atoms with Crippen LogP contribution in [0.1, 0.15) is 32.2 Å². The van der Waals surface area contributed by atoms with Crippen molar-refractivity contribution in [3.63, 3.8) is 0 Å². The first-order valence-electron chi connectivity index (χ1n) is 7.74. The number of carboxylic acid groups (broad SMARTS) is 1. The number of ether oxygens (including phenoxy) is 1. The zero-order valence-electron chi connectivity index (χ0n) is 14.8. The smallest absolute Gasteiger partial charge is 0.543 e. The summed E-state index contributed by atoms with van der Waals surface area (Å²) in [6.07, 6.45) is 0.415. The molecular formula is C19H14ClFNNaO3S. The number of carbonyl (C=O) groups is 1. The SMILES string of the molecule is Cc1ccc(OCc2ccc(Cl)cc2F)c(Cc2nc(C(=O)[O-])cs2)c1.[Na+]. The first-order valence-corrected chi connectivity index (χ1v) is 9.00. The van der Waals surface area contributed by atoms with Crippen LogP contribution in [0.15, 0.2) is 41.8 Å². The van der Waals surface area contributed by atoms with Crippen LogP contribution in [0.4, 0.5) is 4.39 Å². The molecule has 2 aromatic carbocycles. The first kappa shape index (κ1) is 21.9. The van der Waals surface area contributed by atoms with Crippen molar-refractivity contribution in [3.8, 4) is 5.75 Å². The van der Waals surface area contributed by atoms with Gasteiger partial charge in [0.2, 0.25) is 0 Å². The fraction of sp³-hybridized carbons (Fsp3) is 0.158. The molecule has 8 heteroatoms. The minimum absolute atomic E-state index is 0. The van der Waals surface area contributed by atoms with Crippen molar-refractivity contribution in [1.29, 1.82) is 0 Å². The average Bonchev–Trinajstić information content (AvgIpc) is 3.04. The van der Waals surface area contributed by atoms with Gasteiger partial charge < -0.3 is 14.6 Å². The largest absolute Gasteiger partial charge is 1.00 e. The van der Waals surface area contributed by atoms with Crippen molar-refractivity contribution in [1.82, 2.24) is 4.98 Å². The number of aromatic nitrogens is 1. The second kappa shape index (κ2) is 9.66. The van der Waals surface area contributed by atoms with Gasteiger partial charge in [-0.15, -0.1) is 11.3 Å². The van der Waals surface area contributed by atoms with E-state index in [1.807, 2.05) is 25.1 Å². The zero-order valence-corrected chi connectivity index (χ0v) is 18.4. The predicted molar refractivity (Wildman–Crippen MR) is 96.2 cm³/mol. The van der Waals surface area contributed by atoms with Crippen LogP contribution in [0.2, 0.25) is 5.02 Å². The van der Waals surface area contributed by atoms with Crippen molar-refractivity contribution in [2.24, 2.45) is 0 Å². The predicted octanol–water partition coefficient (Wildman–Crippen LogP) is 0.781. The average molecular weight is 414 g/mol. The summed E-state index contributed by atoms with van der Waals surface area (Å²) in [5.74, 6) is -1.13. The van der Waals surface area contributed by atoms with Gasteiger partial charge in [0.15, 0.2) is 0 Å². The molecule has 4 nitrogen and oxygen atoms in total. The summed E-state index contributed by atoms with van der Waals surface area (Å²) in [5.41, 5.74) is 2.19. The van der Waals surface area contributed by atoms with Gasteiger partial charge >= 0.3 is 29.6 Å². The van der Waals surface area contributed by atoms with E-state index in [4.69, 9.17) is 16.3 Å². The fourth-order valence-corrected chi connectivity index (χ4v) is 3.38. The molecular weight excluding hydrogens is 400 g/mol. The van der Waals surface area contributed by atoms with Crippen molar-refractivity contribution in [2.45, 2.75) is 20.0 Å². The molecule has 1 aromatic heterocycles. The van der Waals surface area contributed by atoms with Gasteiger partial charge in [0.25, 0.3) is 0 Å². The quantitative estimate of drug-likeness (QED) is 0.560. The van der Waals surface area contributed by atoms with Gasteiger partial charge in [-0.1, -0.05) is 35.4 Å². The van der Waals surface area contributed by atoms with Crippen molar-refractivity contribution in [2.75, 3.05) is 0 Å². The van der Waals surface area contributed by atoms with Gasteiger partial charge in [0.1, 0.15) is 18.2 Å². The van der Waals surface area contributed by atoms with Crippen molar-refractivity contribution in [3.05, 3.63) is 80.0 Å². The Kier molecular flexibility index (Phi) is 7.82. The summed E-state index contributed by atoms with van der Waals surface area (Å²) in [6, 6.07) is 10.1. The maximum Gasteiger partial charge on any atom is 1.00 e. The van der Waals surface area contributed by atoms with Crippen LogP contribution in [0.5, 0.6) is 5.75 Å². The molecule has 0 aliphatic carbocycles. The van der Waals surface area contributed by atoms with Crippen LogP contribution in [0, 0.1) is 12.7 Å². The molecule has 0 aliphatic heterocycles. The molecule has 3 rings (SSSR count). The molecule has 0 N–H and O–H groups in total. The normalized spacial score (nSPS) is 10.3. The summed E-state index contributed by atoms with van der Waals surface area (Å²) in [4.78, 5) is 14.9. The molecule has 0 amide bonds. The molecule has 0 spiro atoms. The molecule has 0 bridgehead atoms. The topological polar surface area (TPSA) is 62.2 Å². The number of carboxylic acids is 1. The molecule has 27 heavy (non-hydrogen) atoms. The number of aryl methyl sites for hydroxylation is 1. The Morgan fingerprint density at radius 2 is 2.04 bits per heavy atom. The molecule has 0 saturated carbocycles. The van der Waals surface area contributed by atoms with Crippen LogP contribution in [-0.2, 0) is 13.0 Å². The van der Waals surface area contributed by atoms with Crippen LogP contribution in [0.25, 0.3) is 0 Å². The monoisotopic (exact) mass is 413 g/mol. The van der Waals surface area contributed by atoms with Gasteiger partial charge in [0.05, 0.1) is 16.7 Å². The van der Waals surface area contributed by atoms with Crippen LogP contribution < -0.4 is 39.4 Å². The summed E-state index contributed by atoms with van der Waals surface area (Å²) >= 11 is 7.00. The third kappa shape index (κ3) is 5.77. The molecule has 0 unspecified atom stereocenters. The molecule has 0 fully saturated rings. The molecule has 0 atom stereocenters. The standard InChI is InChI=1S/C19H15ClFNO3S.Na/c1-11-2-5-17(25-9-12-3-4-14(20)8-15(12)21)13(6-11)7-18-22-16(10-26-18)19(23)24;/h2-6,8,10H,7,9H2,1H3,(H,23,24);/q;+1/p-1. The van der Waals surface area contributed by atoms with Gasteiger partial charge in [-0.05, 0) is 25.1 Å². The molecule has 0 radical (unpaired) electrons. The molecule has 0 aliphatic rings. The van der Waals surface area contributed by atoms with Crippen LogP contribution in [0.3, 0.4) is 0 Å². The van der Waals surface area contributed by atoms with E-state index in [2.05, 4.69) is 4.98 Å². The van der Waals surface area contributed by atoms with Crippen molar-refractivity contribution >= 4 is 28.9 Å². The summed E-state index contributed by atoms with van der Waals surface area (Å²) < 4.78 is 19.7. The number of carbonyl (C=O) groups excluding carboxylic acids is 1. The number of halogens is 2. The zero-order chi connectivity index (χ0) is 18.7. The third-order valence-electron chi connectivity index (χ3n) is 3.72. The van der Waals surface area contributed by atoms with Gasteiger partial charge in [-0.2, -0.15) is 0 Å². The Balaban J connectivity index is 0.00000261. The third-order valence-corrected chi connectivity index (χ3v) is 4.80. The fourth-order valence-electron chi connectivity index (χ4n) is 2.43. The Morgan fingerprint density at radius 1 is 1.26 bits per heavy atom. The number of hydrogen-bond acceptors (Lipinski definition) is 5. The second-order valence-electron chi connectivity index (χ2n) is 5.73. The molecule has 0 saturated heterocycles. The molecule has 3 aromatic rings. The summed E-state index contributed by atoms with van der Waals surface area (Å²) in [5, 5.41) is 13.3. The Hall–Kier alpha value is -1.44. The number of hydrogen-bond donors (Lipinski definition) is 0. The van der Waals surface area contributed by atoms with E-state index in [1.54, 1.807) is 12.1 Å². The number of nitrogens with zero attached hydrogens (tertiary/aromatic N) is 1. The van der Waals surface area contributed by atoms with Gasteiger partial charge in [-0.25, -0.2) is 9.37 Å². The number of rotatable bonds is 6. The second-order valence-corrected chi connectivity index (χ2v) is 7.11. The van der Waals surface area contributed by atoms with Gasteiger partial charge in [0, 0.05) is 28.0 Å². The maximum absolute atomic E-state index is 13.9. The van der Waals surface area contributed by atoms with E-state index >= 15 is 0 Å². The minimum Gasteiger partial charge on any atom is -0.543 e. The van der Waals surface area contributed by atoms with E-state index in [9.17, 15) is 14.3 Å². The maximum atomic E-state index is 13.9. The van der Waals surface area contributed by atoms with Crippen molar-refractivity contribution < 1.29 is 48.6 Å². The summed E-state index contributed by atoms with van der Waals surface area (Å²) in [7, 11) is 0. The Morgan fingerprint density at radius 3 is 2.70 bits per heavy atom. The minimum atomic E-state index is -1.30.